The van der Waals surface area contributed by atoms with Crippen LogP contribution in [0.2, 0.25) is 0 Å². The van der Waals surface area contributed by atoms with Crippen LogP contribution in [0.4, 0.5) is 4.79 Å². The van der Waals surface area contributed by atoms with Gasteiger partial charge in [-0.15, -0.1) is 0 Å². The molecule has 1 saturated carbocycles. The molecule has 2 rings (SSSR count). The van der Waals surface area contributed by atoms with Gasteiger partial charge in [0.2, 0.25) is 5.91 Å². The Bertz CT molecular complexity index is 461. The third kappa shape index (κ3) is 4.85. The maximum absolute atomic E-state index is 12.8. The SMILES string of the molecule is CC(C)[C@H](N)C(=O)N(C1CC1)C1CCN(C(=O)OC(C)(C)C)CC1. The Morgan fingerprint density at radius 3 is 2.00 bits per heavy atom. The molecule has 0 radical (unpaired) electrons. The van der Waals surface area contributed by atoms with E-state index in [1.165, 1.54) is 0 Å². The van der Waals surface area contributed by atoms with Crippen LogP contribution in [0.3, 0.4) is 0 Å². The average molecular weight is 339 g/mol. The number of carbonyl (C=O) groups excluding carboxylic acids is 2. The summed E-state index contributed by atoms with van der Waals surface area (Å²) in [5, 5.41) is 0. The number of amides is 2. The molecular weight excluding hydrogens is 306 g/mol. The fraction of sp³-hybridized carbons (Fsp3) is 0.889. The summed E-state index contributed by atoms with van der Waals surface area (Å²) in [6.45, 7) is 10.9. The van der Waals surface area contributed by atoms with Crippen LogP contribution < -0.4 is 5.73 Å². The van der Waals surface area contributed by atoms with E-state index in [0.29, 0.717) is 19.1 Å². The predicted molar refractivity (Wildman–Crippen MR) is 93.5 cm³/mol. The maximum Gasteiger partial charge on any atom is 0.410 e. The van der Waals surface area contributed by atoms with Gasteiger partial charge >= 0.3 is 6.09 Å². The van der Waals surface area contributed by atoms with Crippen molar-refractivity contribution in [1.82, 2.24) is 9.80 Å². The first-order valence-electron chi connectivity index (χ1n) is 9.16. The summed E-state index contributed by atoms with van der Waals surface area (Å²) >= 11 is 0. The molecule has 0 aromatic carbocycles. The van der Waals surface area contributed by atoms with Crippen LogP contribution in [-0.2, 0) is 9.53 Å². The number of carbonyl (C=O) groups is 2. The predicted octanol–water partition coefficient (Wildman–Crippen LogP) is 2.36. The number of ether oxygens (including phenoxy) is 1. The smallest absolute Gasteiger partial charge is 0.410 e. The van der Waals surface area contributed by atoms with Gasteiger partial charge in [0.15, 0.2) is 0 Å². The van der Waals surface area contributed by atoms with Crippen LogP contribution in [0, 0.1) is 5.92 Å². The van der Waals surface area contributed by atoms with Crippen molar-refractivity contribution in [2.75, 3.05) is 13.1 Å². The number of hydrogen-bond acceptors (Lipinski definition) is 4. The van der Waals surface area contributed by atoms with Gasteiger partial charge in [-0.2, -0.15) is 0 Å². The molecular formula is C18H33N3O3. The van der Waals surface area contributed by atoms with E-state index in [1.54, 1.807) is 4.90 Å². The van der Waals surface area contributed by atoms with E-state index < -0.39 is 11.6 Å². The monoisotopic (exact) mass is 339 g/mol. The van der Waals surface area contributed by atoms with Crippen molar-refractivity contribution in [2.24, 2.45) is 11.7 Å². The van der Waals surface area contributed by atoms with Gasteiger partial charge in [-0.1, -0.05) is 13.8 Å². The summed E-state index contributed by atoms with van der Waals surface area (Å²) in [6, 6.07) is 0.100. The summed E-state index contributed by atoms with van der Waals surface area (Å²) in [7, 11) is 0. The Morgan fingerprint density at radius 1 is 1.08 bits per heavy atom. The normalized spacial score (nSPS) is 20.9. The Kier molecular flexibility index (Phi) is 5.78. The number of piperidine rings is 1. The second-order valence-corrected chi connectivity index (χ2v) is 8.45. The zero-order valence-electron chi connectivity index (χ0n) is 15.7. The Hall–Kier alpha value is -1.30. The molecule has 2 N–H and O–H groups in total. The molecule has 6 nitrogen and oxygen atoms in total. The molecule has 0 aromatic heterocycles. The minimum absolute atomic E-state index is 0.0724. The standard InChI is InChI=1S/C18H33N3O3/c1-12(2)15(19)16(22)21(13-6-7-13)14-8-10-20(11-9-14)17(23)24-18(3,4)5/h12-15H,6-11,19H2,1-5H3/t15-/m0/s1. The Labute approximate surface area is 145 Å². The Morgan fingerprint density at radius 2 is 1.58 bits per heavy atom. The van der Waals surface area contributed by atoms with Crippen LogP contribution in [0.25, 0.3) is 0 Å². The molecule has 138 valence electrons. The van der Waals surface area contributed by atoms with Gasteiger partial charge < -0.3 is 20.3 Å². The van der Waals surface area contributed by atoms with E-state index in [2.05, 4.69) is 0 Å². The molecule has 6 heteroatoms. The highest BCUT2D eigenvalue weighted by Gasteiger charge is 2.41. The van der Waals surface area contributed by atoms with Gasteiger partial charge in [-0.3, -0.25) is 4.79 Å². The van der Waals surface area contributed by atoms with Gasteiger partial charge in [-0.05, 0) is 52.4 Å². The first-order valence-corrected chi connectivity index (χ1v) is 9.16. The lowest BCUT2D eigenvalue weighted by Gasteiger charge is -2.40. The first-order chi connectivity index (χ1) is 11.1. The first kappa shape index (κ1) is 19.0. The summed E-state index contributed by atoms with van der Waals surface area (Å²) in [6.07, 6.45) is 3.48. The summed E-state index contributed by atoms with van der Waals surface area (Å²) in [5.41, 5.74) is 5.62. The highest BCUT2D eigenvalue weighted by Crippen LogP contribution is 2.33. The van der Waals surface area contributed by atoms with Crippen molar-refractivity contribution in [3.8, 4) is 0 Å². The molecule has 2 aliphatic rings. The van der Waals surface area contributed by atoms with Crippen molar-refractivity contribution in [1.29, 1.82) is 0 Å². The molecule has 0 bridgehead atoms. The third-order valence-electron chi connectivity index (χ3n) is 4.71. The van der Waals surface area contributed by atoms with Gasteiger partial charge in [0, 0.05) is 25.2 Å². The molecule has 1 aliphatic carbocycles. The number of rotatable bonds is 4. The summed E-state index contributed by atoms with van der Waals surface area (Å²) < 4.78 is 5.44. The lowest BCUT2D eigenvalue weighted by Crippen LogP contribution is -2.55. The van der Waals surface area contributed by atoms with Crippen molar-refractivity contribution < 1.29 is 14.3 Å². The quantitative estimate of drug-likeness (QED) is 0.853. The lowest BCUT2D eigenvalue weighted by molar-refractivity contribution is -0.137. The number of likely N-dealkylation sites (tertiary alicyclic amines) is 1. The van der Waals surface area contributed by atoms with Crippen LogP contribution in [0.15, 0.2) is 0 Å². The zero-order valence-corrected chi connectivity index (χ0v) is 15.7. The minimum Gasteiger partial charge on any atom is -0.444 e. The zero-order chi connectivity index (χ0) is 18.1. The number of nitrogens with two attached hydrogens (primary N) is 1. The van der Waals surface area contributed by atoms with Gasteiger partial charge in [0.05, 0.1) is 6.04 Å². The number of hydrogen-bond donors (Lipinski definition) is 1. The van der Waals surface area contributed by atoms with Crippen LogP contribution in [-0.4, -0.2) is 58.6 Å². The molecule has 1 heterocycles. The minimum atomic E-state index is -0.478. The third-order valence-corrected chi connectivity index (χ3v) is 4.71. The van der Waals surface area contributed by atoms with Crippen LogP contribution in [0.1, 0.15) is 60.3 Å². The van der Waals surface area contributed by atoms with Gasteiger partial charge in [0.25, 0.3) is 0 Å². The maximum atomic E-state index is 12.8. The van der Waals surface area contributed by atoms with E-state index in [4.69, 9.17) is 10.5 Å². The largest absolute Gasteiger partial charge is 0.444 e. The summed E-state index contributed by atoms with van der Waals surface area (Å²) in [5.74, 6) is 0.212. The molecule has 0 spiro atoms. The second-order valence-electron chi connectivity index (χ2n) is 8.45. The lowest BCUT2D eigenvalue weighted by atomic mass is 9.99. The summed E-state index contributed by atoms with van der Waals surface area (Å²) in [4.78, 5) is 28.7. The Balaban J connectivity index is 1.94. The van der Waals surface area contributed by atoms with Gasteiger partial charge in [-0.25, -0.2) is 4.79 Å². The molecule has 1 aliphatic heterocycles. The van der Waals surface area contributed by atoms with E-state index in [1.807, 2.05) is 39.5 Å². The van der Waals surface area contributed by atoms with E-state index in [-0.39, 0.29) is 24.0 Å². The second kappa shape index (κ2) is 7.30. The highest BCUT2D eigenvalue weighted by atomic mass is 16.6. The van der Waals surface area contributed by atoms with Gasteiger partial charge in [0.1, 0.15) is 5.60 Å². The molecule has 2 fully saturated rings. The van der Waals surface area contributed by atoms with E-state index in [0.717, 1.165) is 25.7 Å². The van der Waals surface area contributed by atoms with Crippen LogP contribution >= 0.6 is 0 Å². The molecule has 0 unspecified atom stereocenters. The molecule has 24 heavy (non-hydrogen) atoms. The fourth-order valence-corrected chi connectivity index (χ4v) is 3.12. The van der Waals surface area contributed by atoms with Crippen molar-refractivity contribution in [3.63, 3.8) is 0 Å². The fourth-order valence-electron chi connectivity index (χ4n) is 3.12. The topological polar surface area (TPSA) is 75.9 Å². The van der Waals surface area contributed by atoms with E-state index in [9.17, 15) is 9.59 Å². The molecule has 1 saturated heterocycles. The van der Waals surface area contributed by atoms with Crippen molar-refractivity contribution in [2.45, 2.75) is 84.0 Å². The van der Waals surface area contributed by atoms with E-state index >= 15 is 0 Å². The van der Waals surface area contributed by atoms with Crippen LogP contribution in [0.5, 0.6) is 0 Å². The molecule has 1 atom stereocenters. The number of nitrogens with zero attached hydrogens (tertiary/aromatic N) is 2. The molecule has 2 amide bonds. The van der Waals surface area contributed by atoms with Crippen molar-refractivity contribution >= 4 is 12.0 Å². The average Bonchev–Trinajstić information content (AvgIpc) is 3.30. The highest BCUT2D eigenvalue weighted by molar-refractivity contribution is 5.83. The van der Waals surface area contributed by atoms with Crippen molar-refractivity contribution in [3.05, 3.63) is 0 Å². The molecule has 0 aromatic rings.